The van der Waals surface area contributed by atoms with Crippen LogP contribution in [-0.4, -0.2) is 18.4 Å². The highest BCUT2D eigenvalue weighted by Gasteiger charge is 2.20. The quantitative estimate of drug-likeness (QED) is 0.852. The third kappa shape index (κ3) is 4.72. The van der Waals surface area contributed by atoms with E-state index in [2.05, 4.69) is 5.32 Å². The van der Waals surface area contributed by atoms with Gasteiger partial charge in [0.2, 0.25) is 5.91 Å². The predicted molar refractivity (Wildman–Crippen MR) is 88.2 cm³/mol. The van der Waals surface area contributed by atoms with Crippen molar-refractivity contribution in [2.24, 2.45) is 5.73 Å². The van der Waals surface area contributed by atoms with E-state index in [0.717, 1.165) is 5.56 Å². The lowest BCUT2D eigenvalue weighted by atomic mass is 10.1. The van der Waals surface area contributed by atoms with Crippen molar-refractivity contribution in [3.63, 3.8) is 0 Å². The maximum absolute atomic E-state index is 12.0. The van der Waals surface area contributed by atoms with Crippen molar-refractivity contribution < 1.29 is 14.3 Å². The first-order chi connectivity index (χ1) is 11.0. The van der Waals surface area contributed by atoms with Gasteiger partial charge in [-0.1, -0.05) is 41.9 Å². The normalized spacial score (nSPS) is 11.6. The monoisotopic (exact) mass is 332 g/mol. The zero-order valence-electron chi connectivity index (χ0n) is 12.6. The topological polar surface area (TPSA) is 81.4 Å². The molecule has 0 saturated carbocycles. The Kier molecular flexibility index (Phi) is 5.60. The maximum Gasteiger partial charge on any atom is 0.258 e. The summed E-state index contributed by atoms with van der Waals surface area (Å²) in [7, 11) is 0. The van der Waals surface area contributed by atoms with E-state index >= 15 is 0 Å². The van der Waals surface area contributed by atoms with Crippen LogP contribution in [0.25, 0.3) is 0 Å². The first-order valence-corrected chi connectivity index (χ1v) is 7.37. The summed E-state index contributed by atoms with van der Waals surface area (Å²) in [5, 5.41) is 3.16. The summed E-state index contributed by atoms with van der Waals surface area (Å²) in [5.74, 6) is -0.515. The molecule has 5 nitrogen and oxygen atoms in total. The average molecular weight is 333 g/mol. The van der Waals surface area contributed by atoms with Crippen LogP contribution in [0.2, 0.25) is 5.02 Å². The Labute approximate surface area is 139 Å². The van der Waals surface area contributed by atoms with Gasteiger partial charge < -0.3 is 15.8 Å². The van der Waals surface area contributed by atoms with Gasteiger partial charge in [-0.3, -0.25) is 9.59 Å². The van der Waals surface area contributed by atoms with Gasteiger partial charge in [-0.15, -0.1) is 0 Å². The zero-order valence-corrected chi connectivity index (χ0v) is 13.3. The number of benzene rings is 2. The largest absolute Gasteiger partial charge is 0.484 e. The number of carbonyl (C=O) groups is 2. The summed E-state index contributed by atoms with van der Waals surface area (Å²) in [6.07, 6.45) is 0. The Morgan fingerprint density at radius 3 is 2.52 bits per heavy atom. The molecular formula is C17H17ClN2O3. The van der Waals surface area contributed by atoms with Crippen molar-refractivity contribution in [1.29, 1.82) is 0 Å². The Hall–Kier alpha value is -2.53. The van der Waals surface area contributed by atoms with Crippen molar-refractivity contribution in [1.82, 2.24) is 5.32 Å². The molecule has 1 atom stereocenters. The molecule has 0 aliphatic heterocycles. The van der Waals surface area contributed by atoms with Gasteiger partial charge in [0, 0.05) is 5.02 Å². The summed E-state index contributed by atoms with van der Waals surface area (Å²) in [4.78, 5) is 23.6. The van der Waals surface area contributed by atoms with E-state index in [1.807, 2.05) is 13.0 Å². The van der Waals surface area contributed by atoms with E-state index in [4.69, 9.17) is 22.1 Å². The lowest BCUT2D eigenvalue weighted by Crippen LogP contribution is -2.39. The molecule has 120 valence electrons. The molecule has 0 radical (unpaired) electrons. The molecule has 0 saturated heterocycles. The number of halogens is 1. The van der Waals surface area contributed by atoms with Crippen LogP contribution < -0.4 is 15.8 Å². The molecule has 0 bridgehead atoms. The van der Waals surface area contributed by atoms with Crippen LogP contribution in [0.1, 0.15) is 17.2 Å². The Morgan fingerprint density at radius 2 is 1.91 bits per heavy atom. The van der Waals surface area contributed by atoms with Crippen LogP contribution in [-0.2, 0) is 9.59 Å². The number of carbonyl (C=O) groups excluding carboxylic acids is 2. The molecule has 0 aromatic heterocycles. The first-order valence-electron chi connectivity index (χ1n) is 7.00. The molecule has 23 heavy (non-hydrogen) atoms. The van der Waals surface area contributed by atoms with E-state index in [1.165, 1.54) is 0 Å². The van der Waals surface area contributed by atoms with Crippen LogP contribution in [0, 0.1) is 6.92 Å². The number of hydrogen-bond donors (Lipinski definition) is 2. The van der Waals surface area contributed by atoms with Crippen LogP contribution in [0.4, 0.5) is 0 Å². The first kappa shape index (κ1) is 16.8. The second-order valence-corrected chi connectivity index (χ2v) is 5.45. The van der Waals surface area contributed by atoms with Gasteiger partial charge in [-0.25, -0.2) is 0 Å². The number of nitrogens with two attached hydrogens (primary N) is 1. The molecule has 0 aliphatic rings. The molecule has 0 unspecified atom stereocenters. The smallest absolute Gasteiger partial charge is 0.258 e. The van der Waals surface area contributed by atoms with Crippen LogP contribution in [0.5, 0.6) is 5.75 Å². The van der Waals surface area contributed by atoms with E-state index in [-0.39, 0.29) is 6.61 Å². The summed E-state index contributed by atoms with van der Waals surface area (Å²) >= 11 is 5.86. The van der Waals surface area contributed by atoms with E-state index in [9.17, 15) is 9.59 Å². The van der Waals surface area contributed by atoms with Gasteiger partial charge >= 0.3 is 0 Å². The highest BCUT2D eigenvalue weighted by atomic mass is 35.5. The van der Waals surface area contributed by atoms with Gasteiger partial charge in [-0.05, 0) is 36.2 Å². The fraction of sp³-hybridized carbons (Fsp3) is 0.176. The number of nitrogens with one attached hydrogen (secondary N) is 1. The summed E-state index contributed by atoms with van der Waals surface area (Å²) in [6.45, 7) is 1.61. The lowest BCUT2D eigenvalue weighted by molar-refractivity contribution is -0.128. The van der Waals surface area contributed by atoms with Gasteiger partial charge in [-0.2, -0.15) is 0 Å². The molecule has 2 aromatic carbocycles. The maximum atomic E-state index is 12.0. The lowest BCUT2D eigenvalue weighted by Gasteiger charge is -2.16. The minimum absolute atomic E-state index is 0.223. The number of ether oxygens (including phenoxy) is 1. The third-order valence-corrected chi connectivity index (χ3v) is 3.45. The predicted octanol–water partition coefficient (Wildman–Crippen LogP) is 2.37. The van der Waals surface area contributed by atoms with Crippen molar-refractivity contribution in [3.8, 4) is 5.75 Å². The number of aryl methyl sites for hydroxylation is 1. The van der Waals surface area contributed by atoms with E-state index in [0.29, 0.717) is 16.3 Å². The summed E-state index contributed by atoms with van der Waals surface area (Å²) < 4.78 is 5.45. The summed E-state index contributed by atoms with van der Waals surface area (Å²) in [6, 6.07) is 13.0. The number of amides is 2. The number of rotatable bonds is 6. The molecule has 2 amide bonds. The minimum atomic E-state index is -0.890. The zero-order chi connectivity index (χ0) is 16.8. The minimum Gasteiger partial charge on any atom is -0.484 e. The second-order valence-electron chi connectivity index (χ2n) is 5.01. The molecule has 6 heteroatoms. The van der Waals surface area contributed by atoms with Gasteiger partial charge in [0.05, 0.1) is 0 Å². The fourth-order valence-electron chi connectivity index (χ4n) is 2.08. The third-order valence-electron chi connectivity index (χ3n) is 3.22. The molecular weight excluding hydrogens is 316 g/mol. The van der Waals surface area contributed by atoms with Crippen LogP contribution in [0.3, 0.4) is 0 Å². The highest BCUT2D eigenvalue weighted by Crippen LogP contribution is 2.21. The van der Waals surface area contributed by atoms with Gasteiger partial charge in [0.1, 0.15) is 11.8 Å². The Balaban J connectivity index is 1.98. The standard InChI is InChI=1S/C17H17ClN2O3/c1-11-9-13(18)7-8-14(11)23-10-15(21)20-16(17(19)22)12-5-3-2-4-6-12/h2-9,16H,10H2,1H3,(H2,19,22)(H,20,21)/t16-/m0/s1. The molecule has 2 rings (SSSR count). The summed E-state index contributed by atoms with van der Waals surface area (Å²) in [5.41, 5.74) is 6.80. The van der Waals surface area contributed by atoms with E-state index < -0.39 is 17.9 Å². The van der Waals surface area contributed by atoms with Crippen LogP contribution >= 0.6 is 11.6 Å². The Morgan fingerprint density at radius 1 is 1.22 bits per heavy atom. The van der Waals surface area contributed by atoms with Crippen LogP contribution in [0.15, 0.2) is 48.5 Å². The fourth-order valence-corrected chi connectivity index (χ4v) is 2.31. The SMILES string of the molecule is Cc1cc(Cl)ccc1OCC(=O)N[C@H](C(N)=O)c1ccccc1. The second kappa shape index (κ2) is 7.65. The number of hydrogen-bond acceptors (Lipinski definition) is 3. The molecule has 0 heterocycles. The highest BCUT2D eigenvalue weighted by molar-refractivity contribution is 6.30. The van der Waals surface area contributed by atoms with Gasteiger partial charge in [0.25, 0.3) is 5.91 Å². The Bertz CT molecular complexity index is 704. The van der Waals surface area contributed by atoms with Crippen molar-refractivity contribution in [3.05, 3.63) is 64.7 Å². The molecule has 0 fully saturated rings. The number of primary amides is 1. The van der Waals surface area contributed by atoms with Gasteiger partial charge in [0.15, 0.2) is 6.61 Å². The average Bonchev–Trinajstić information content (AvgIpc) is 2.52. The van der Waals surface area contributed by atoms with Crippen molar-refractivity contribution >= 4 is 23.4 Å². The molecule has 0 aliphatic carbocycles. The molecule has 2 aromatic rings. The molecule has 3 N–H and O–H groups in total. The van der Waals surface area contributed by atoms with Crippen molar-refractivity contribution in [2.75, 3.05) is 6.61 Å². The molecule has 0 spiro atoms. The van der Waals surface area contributed by atoms with Crippen molar-refractivity contribution in [2.45, 2.75) is 13.0 Å². The van der Waals surface area contributed by atoms with E-state index in [1.54, 1.807) is 42.5 Å².